The summed E-state index contributed by atoms with van der Waals surface area (Å²) in [6.07, 6.45) is 0. The average molecular weight is 135 g/mol. The van der Waals surface area contributed by atoms with E-state index >= 15 is 0 Å². The van der Waals surface area contributed by atoms with Gasteiger partial charge in [0, 0.05) is 7.43 Å². The van der Waals surface area contributed by atoms with Crippen molar-refractivity contribution in [3.8, 4) is 5.75 Å². The highest BCUT2D eigenvalue weighted by Gasteiger charge is 1.94. The first-order valence-electron chi connectivity index (χ1n) is 2.46. The van der Waals surface area contributed by atoms with Crippen molar-refractivity contribution in [2.24, 2.45) is 5.18 Å². The molecule has 0 amide bonds. The van der Waals surface area contributed by atoms with Crippen molar-refractivity contribution in [3.05, 3.63) is 36.6 Å². The van der Waals surface area contributed by atoms with E-state index in [0.29, 0.717) is 0 Å². The highest BCUT2D eigenvalue weighted by atomic mass is 16.3. The normalized spacial score (nSPS) is 8.00. The second kappa shape index (κ2) is 3.61. The summed E-state index contributed by atoms with van der Waals surface area (Å²) in [6, 6.07) is 6.12. The maximum atomic E-state index is 9.82. The molecule has 50 valence electrons. The lowest BCUT2D eigenvalue weighted by atomic mass is 10.3. The van der Waals surface area contributed by atoms with Crippen LogP contribution in [-0.4, -0.2) is 5.11 Å². The number of hydrogen-bond acceptors (Lipinski definition) is 3. The van der Waals surface area contributed by atoms with Gasteiger partial charge in [-0.2, -0.15) is 0 Å². The van der Waals surface area contributed by atoms with Crippen molar-refractivity contribution in [2.75, 3.05) is 0 Å². The summed E-state index contributed by atoms with van der Waals surface area (Å²) in [4.78, 5) is 9.82. The summed E-state index contributed by atoms with van der Waals surface area (Å²) in [5.41, 5.74) is 0.0810. The van der Waals surface area contributed by atoms with Crippen molar-refractivity contribution >= 4 is 5.69 Å². The van der Waals surface area contributed by atoms with Crippen molar-refractivity contribution in [3.63, 3.8) is 0 Å². The van der Waals surface area contributed by atoms with E-state index in [9.17, 15) is 4.91 Å². The first-order chi connectivity index (χ1) is 4.34. The van der Waals surface area contributed by atoms with E-state index in [-0.39, 0.29) is 18.9 Å². The van der Waals surface area contributed by atoms with Gasteiger partial charge in [0.15, 0.2) is 0 Å². The molecule has 0 aliphatic heterocycles. The van der Waals surface area contributed by atoms with Crippen LogP contribution in [0.4, 0.5) is 5.69 Å². The quantitative estimate of drug-likeness (QED) is 0.597. The molecular weight excluding hydrogens is 130 g/mol. The molecular formula is C7H5NO2. The molecule has 0 aliphatic rings. The molecule has 1 N–H and O–H groups in total. The number of nitrogens with zero attached hydrogens (tertiary/aromatic N) is 1. The fourth-order valence-corrected chi connectivity index (χ4v) is 0.541. The summed E-state index contributed by atoms with van der Waals surface area (Å²) in [7, 11) is 0. The number of phenols is 1. The van der Waals surface area contributed by atoms with Crippen LogP contribution in [0.15, 0.2) is 29.4 Å². The van der Waals surface area contributed by atoms with Gasteiger partial charge < -0.3 is 5.11 Å². The standard InChI is InChI=1S/C6H5NO2.C/c8-6-4-2-1-3-5(6)7-9;/h1-4,8H;. The molecule has 0 unspecified atom stereocenters. The Kier molecular flexibility index (Phi) is 3.11. The molecule has 0 saturated heterocycles. The molecule has 4 radical (unpaired) electrons. The SMILES string of the molecule is O=Nc1ccccc1O.[C]. The molecule has 0 atom stereocenters. The van der Waals surface area contributed by atoms with Gasteiger partial charge in [-0.05, 0) is 17.3 Å². The van der Waals surface area contributed by atoms with E-state index in [1.807, 2.05) is 0 Å². The second-order valence-electron chi connectivity index (χ2n) is 1.58. The van der Waals surface area contributed by atoms with Crippen LogP contribution >= 0.6 is 0 Å². The molecule has 10 heavy (non-hydrogen) atoms. The van der Waals surface area contributed by atoms with Gasteiger partial charge in [0.25, 0.3) is 0 Å². The van der Waals surface area contributed by atoms with Crippen LogP contribution in [-0.2, 0) is 0 Å². The van der Waals surface area contributed by atoms with Gasteiger partial charge in [-0.25, -0.2) is 0 Å². The van der Waals surface area contributed by atoms with Crippen LogP contribution < -0.4 is 0 Å². The third kappa shape index (κ3) is 1.55. The first-order valence-corrected chi connectivity index (χ1v) is 2.46. The van der Waals surface area contributed by atoms with Crippen LogP contribution in [0.3, 0.4) is 0 Å². The van der Waals surface area contributed by atoms with Gasteiger partial charge in [-0.3, -0.25) is 0 Å². The predicted octanol–water partition coefficient (Wildman–Crippen LogP) is 1.87. The van der Waals surface area contributed by atoms with Gasteiger partial charge in [0.1, 0.15) is 11.4 Å². The maximum absolute atomic E-state index is 9.82. The fraction of sp³-hybridized carbons (Fsp3) is 0. The van der Waals surface area contributed by atoms with Gasteiger partial charge in [0.2, 0.25) is 0 Å². The van der Waals surface area contributed by atoms with Crippen molar-refractivity contribution in [1.29, 1.82) is 0 Å². The Labute approximate surface area is 59.3 Å². The molecule has 0 spiro atoms. The summed E-state index contributed by atoms with van der Waals surface area (Å²) in [5.74, 6) is -0.0764. The summed E-state index contributed by atoms with van der Waals surface area (Å²) >= 11 is 0. The number of aromatic hydroxyl groups is 1. The van der Waals surface area contributed by atoms with Gasteiger partial charge >= 0.3 is 0 Å². The molecule has 3 nitrogen and oxygen atoms in total. The van der Waals surface area contributed by atoms with Gasteiger partial charge in [-0.1, -0.05) is 12.1 Å². The molecule has 1 aromatic rings. The highest BCUT2D eigenvalue weighted by molar-refractivity contribution is 5.49. The largest absolute Gasteiger partial charge is 0.506 e. The lowest BCUT2D eigenvalue weighted by molar-refractivity contribution is 0.477. The maximum Gasteiger partial charge on any atom is 0.149 e. The van der Waals surface area contributed by atoms with E-state index < -0.39 is 0 Å². The van der Waals surface area contributed by atoms with Crippen molar-refractivity contribution < 1.29 is 5.11 Å². The molecule has 0 aromatic heterocycles. The molecule has 0 bridgehead atoms. The van der Waals surface area contributed by atoms with Crippen molar-refractivity contribution in [1.82, 2.24) is 0 Å². The minimum atomic E-state index is -0.0764. The highest BCUT2D eigenvalue weighted by Crippen LogP contribution is 2.23. The zero-order valence-electron chi connectivity index (χ0n) is 5.11. The second-order valence-corrected chi connectivity index (χ2v) is 1.58. The smallest absolute Gasteiger partial charge is 0.149 e. The van der Waals surface area contributed by atoms with E-state index in [0.717, 1.165) is 0 Å². The number of benzene rings is 1. The van der Waals surface area contributed by atoms with Crippen LogP contribution in [0.25, 0.3) is 0 Å². The minimum Gasteiger partial charge on any atom is -0.506 e. The Morgan fingerprint density at radius 2 is 1.90 bits per heavy atom. The molecule has 0 fully saturated rings. The average Bonchev–Trinajstić information content (AvgIpc) is 1.89. The summed E-state index contributed by atoms with van der Waals surface area (Å²) in [5, 5.41) is 11.4. The first kappa shape index (κ1) is 8.62. The molecule has 0 heterocycles. The lowest BCUT2D eigenvalue weighted by Crippen LogP contribution is -1.63. The monoisotopic (exact) mass is 135 g/mol. The van der Waals surface area contributed by atoms with Crippen LogP contribution in [0.1, 0.15) is 0 Å². The topological polar surface area (TPSA) is 49.7 Å². The molecule has 0 aliphatic carbocycles. The molecule has 0 saturated carbocycles. The van der Waals surface area contributed by atoms with Crippen LogP contribution in [0.5, 0.6) is 5.75 Å². The van der Waals surface area contributed by atoms with E-state index in [1.54, 1.807) is 12.1 Å². The minimum absolute atomic E-state index is 0. The summed E-state index contributed by atoms with van der Waals surface area (Å²) < 4.78 is 0. The molecule has 1 rings (SSSR count). The Bertz CT molecular complexity index is 223. The Morgan fingerprint density at radius 1 is 1.30 bits per heavy atom. The molecule has 3 heteroatoms. The predicted molar refractivity (Wildman–Crippen MR) is 36.8 cm³/mol. The number of phenolic OH excluding ortho intramolecular Hbond substituents is 1. The Balaban J connectivity index is 0.000000810. The van der Waals surface area contributed by atoms with Crippen LogP contribution in [0, 0.1) is 12.3 Å². The van der Waals surface area contributed by atoms with E-state index in [4.69, 9.17) is 5.11 Å². The number of nitroso groups, excluding NO2 is 1. The van der Waals surface area contributed by atoms with Gasteiger partial charge in [0.05, 0.1) is 0 Å². The third-order valence-electron chi connectivity index (χ3n) is 0.980. The Hall–Kier alpha value is -1.38. The Morgan fingerprint density at radius 3 is 2.30 bits per heavy atom. The summed E-state index contributed by atoms with van der Waals surface area (Å²) in [6.45, 7) is 0. The number of hydrogen-bond donors (Lipinski definition) is 1. The lowest BCUT2D eigenvalue weighted by Gasteiger charge is -1.89. The zero-order chi connectivity index (χ0) is 6.69. The van der Waals surface area contributed by atoms with Gasteiger partial charge in [-0.15, -0.1) is 4.91 Å². The van der Waals surface area contributed by atoms with E-state index in [1.165, 1.54) is 12.1 Å². The number of rotatable bonds is 1. The zero-order valence-corrected chi connectivity index (χ0v) is 5.11. The number of para-hydroxylation sites is 1. The fourth-order valence-electron chi connectivity index (χ4n) is 0.541. The third-order valence-corrected chi connectivity index (χ3v) is 0.980. The van der Waals surface area contributed by atoms with Crippen LogP contribution in [0.2, 0.25) is 0 Å². The van der Waals surface area contributed by atoms with Crippen molar-refractivity contribution in [2.45, 2.75) is 0 Å². The molecule has 1 aromatic carbocycles. The van der Waals surface area contributed by atoms with E-state index in [2.05, 4.69) is 5.18 Å².